The molecule has 2 unspecified atom stereocenters. The number of hydrogen-bond acceptors (Lipinski definition) is 0. The van der Waals surface area contributed by atoms with Gasteiger partial charge in [-0.2, -0.15) is 0 Å². The van der Waals surface area contributed by atoms with Crippen molar-refractivity contribution in [2.45, 2.75) is 152 Å². The molecule has 4 aromatic carbocycles. The number of rotatable bonds is 6. The van der Waals surface area contributed by atoms with Gasteiger partial charge in [-0.05, 0) is 55.7 Å². The third-order valence-electron chi connectivity index (χ3n) is 11.5. The van der Waals surface area contributed by atoms with Crippen molar-refractivity contribution in [3.8, 4) is 0 Å². The van der Waals surface area contributed by atoms with Gasteiger partial charge < -0.3 is 0 Å². The Labute approximate surface area is 329 Å². The van der Waals surface area contributed by atoms with E-state index in [-0.39, 0.29) is 47.1 Å². The quantitative estimate of drug-likeness (QED) is 0.134. The molecule has 2 aliphatic rings. The second kappa shape index (κ2) is 14.6. The van der Waals surface area contributed by atoms with Crippen LogP contribution in [0.1, 0.15) is 132 Å². The molecule has 0 nitrogen and oxygen atoms in total. The third-order valence-corrected chi connectivity index (χ3v) is 20.0. The van der Waals surface area contributed by atoms with Crippen molar-refractivity contribution in [3.63, 3.8) is 0 Å². The molecular weight excluding hydrogens is 745 g/mol. The van der Waals surface area contributed by atoms with Gasteiger partial charge in [0.25, 0.3) is 0 Å². The Morgan fingerprint density at radius 1 is 0.353 bits per heavy atom. The summed E-state index contributed by atoms with van der Waals surface area (Å²) < 4.78 is 0. The van der Waals surface area contributed by atoms with E-state index < -0.39 is 0 Å². The molecule has 0 N–H and O–H groups in total. The third kappa shape index (κ3) is 7.69. The largest absolute Gasteiger partial charge is 0.0883 e. The van der Waals surface area contributed by atoms with Crippen molar-refractivity contribution in [1.82, 2.24) is 0 Å². The number of hydrogen-bond donors (Lipinski definition) is 0. The monoisotopic (exact) mass is 810 g/mol. The minimum absolute atomic E-state index is 0. The predicted molar refractivity (Wildman–Crippen MR) is 226 cm³/mol. The summed E-state index contributed by atoms with van der Waals surface area (Å²) in [6.45, 7) is 34.6. The van der Waals surface area contributed by atoms with E-state index in [2.05, 4.69) is 218 Å². The molecule has 51 heavy (non-hydrogen) atoms. The minimum atomic E-state index is -0.208. The zero-order chi connectivity index (χ0) is 37.0. The summed E-state index contributed by atoms with van der Waals surface area (Å²) in [7, 11) is -0.416. The first-order valence-corrected chi connectivity index (χ1v) is 21.6. The molecule has 0 aromatic heterocycles. The Hall–Kier alpha value is -1.60. The van der Waals surface area contributed by atoms with Crippen LogP contribution in [0.2, 0.25) is 0 Å². The standard InChI is InChI=1S/2C24H33P.Pd/c2*1-21(2,3)25(22(4,5)6)23(7)18-24(23,19-14-10-8-11-15-19)20-16-12-9-13-17-20;/h2*8-17H,18H2,1-7H3;. The molecule has 0 spiro atoms. The second-order valence-electron chi connectivity index (χ2n) is 19.5. The van der Waals surface area contributed by atoms with Gasteiger partial charge in [0.15, 0.2) is 0 Å². The molecule has 2 aliphatic carbocycles. The fourth-order valence-electron chi connectivity index (χ4n) is 11.3. The maximum absolute atomic E-state index is 2.56. The topological polar surface area (TPSA) is 0 Å². The molecule has 2 saturated carbocycles. The van der Waals surface area contributed by atoms with Gasteiger partial charge >= 0.3 is 0 Å². The molecular formula is C48H66P2Pd. The van der Waals surface area contributed by atoms with Crippen molar-refractivity contribution >= 4 is 15.8 Å². The molecule has 4 aromatic rings. The minimum Gasteiger partial charge on any atom is -0.0883 e. The Morgan fingerprint density at radius 3 is 0.686 bits per heavy atom. The zero-order valence-electron chi connectivity index (χ0n) is 34.2. The van der Waals surface area contributed by atoms with Crippen molar-refractivity contribution in [2.24, 2.45) is 0 Å². The van der Waals surface area contributed by atoms with E-state index in [1.807, 2.05) is 0 Å². The van der Waals surface area contributed by atoms with Crippen LogP contribution in [-0.4, -0.2) is 30.9 Å². The van der Waals surface area contributed by atoms with Crippen molar-refractivity contribution in [3.05, 3.63) is 144 Å². The fraction of sp³-hybridized carbons (Fsp3) is 0.500. The summed E-state index contributed by atoms with van der Waals surface area (Å²) in [6.07, 6.45) is 2.52. The van der Waals surface area contributed by atoms with Crippen molar-refractivity contribution in [2.75, 3.05) is 0 Å². The average Bonchev–Trinajstić information content (AvgIpc) is 3.86. The van der Waals surface area contributed by atoms with Gasteiger partial charge in [0.05, 0.1) is 0 Å². The van der Waals surface area contributed by atoms with Gasteiger partial charge in [0, 0.05) is 41.6 Å². The molecule has 2 atom stereocenters. The van der Waals surface area contributed by atoms with E-state index in [0.29, 0.717) is 30.9 Å². The Kier molecular flexibility index (Phi) is 12.0. The maximum Gasteiger partial charge on any atom is 0.0305 e. The van der Waals surface area contributed by atoms with Gasteiger partial charge in [0.2, 0.25) is 0 Å². The van der Waals surface area contributed by atoms with Crippen LogP contribution in [0.3, 0.4) is 0 Å². The first-order valence-electron chi connectivity index (χ1n) is 18.9. The summed E-state index contributed by atoms with van der Waals surface area (Å²) in [5.74, 6) is 0. The average molecular weight is 811 g/mol. The van der Waals surface area contributed by atoms with Crippen LogP contribution in [0.4, 0.5) is 0 Å². The number of benzene rings is 4. The van der Waals surface area contributed by atoms with Gasteiger partial charge in [-0.15, -0.1) is 0 Å². The molecule has 3 heteroatoms. The van der Waals surface area contributed by atoms with E-state index in [9.17, 15) is 0 Å². The van der Waals surface area contributed by atoms with Crippen LogP contribution in [-0.2, 0) is 31.3 Å². The summed E-state index contributed by atoms with van der Waals surface area (Å²) in [6, 6.07) is 44.9. The van der Waals surface area contributed by atoms with E-state index in [4.69, 9.17) is 0 Å². The van der Waals surface area contributed by atoms with Gasteiger partial charge in [-0.1, -0.05) is 234 Å². The first-order chi connectivity index (χ1) is 23.1. The Balaban J connectivity index is 0.000000224. The SMILES string of the molecule is CC(C)(C)P(C(C)(C)C)C1(C)CC1(c1ccccc1)c1ccccc1.CC(C)(C)P(C(C)(C)C)C1(C)CC1(c1ccccc1)c1ccccc1.[Pd]. The van der Waals surface area contributed by atoms with Crippen LogP contribution < -0.4 is 0 Å². The van der Waals surface area contributed by atoms with Crippen LogP contribution >= 0.6 is 15.8 Å². The smallest absolute Gasteiger partial charge is 0.0305 e. The van der Waals surface area contributed by atoms with Crippen LogP contribution in [0.25, 0.3) is 0 Å². The molecule has 0 saturated heterocycles. The summed E-state index contributed by atoms with van der Waals surface area (Å²) in [4.78, 5) is 0. The van der Waals surface area contributed by atoms with Crippen LogP contribution in [0.5, 0.6) is 0 Å². The van der Waals surface area contributed by atoms with Crippen molar-refractivity contribution < 1.29 is 20.4 Å². The van der Waals surface area contributed by atoms with E-state index in [1.54, 1.807) is 0 Å². The van der Waals surface area contributed by atoms with Gasteiger partial charge in [-0.25, -0.2) is 0 Å². The second-order valence-corrected chi connectivity index (χ2v) is 28.2. The van der Waals surface area contributed by atoms with Gasteiger partial charge in [-0.3, -0.25) is 0 Å². The molecule has 0 heterocycles. The van der Waals surface area contributed by atoms with Crippen LogP contribution in [0, 0.1) is 0 Å². The van der Waals surface area contributed by atoms with E-state index in [1.165, 1.54) is 35.1 Å². The van der Waals surface area contributed by atoms with Crippen molar-refractivity contribution in [1.29, 1.82) is 0 Å². The predicted octanol–water partition coefficient (Wildman–Crippen LogP) is 14.4. The maximum atomic E-state index is 2.56. The molecule has 2 fully saturated rings. The molecule has 0 radical (unpaired) electrons. The normalized spacial score (nSPS) is 22.4. The fourth-order valence-corrected chi connectivity index (χ4v) is 23.4. The summed E-state index contributed by atoms with van der Waals surface area (Å²) >= 11 is 0. The van der Waals surface area contributed by atoms with Crippen LogP contribution in [0.15, 0.2) is 121 Å². The molecule has 0 bridgehead atoms. The molecule has 0 amide bonds. The first kappa shape index (κ1) is 42.1. The van der Waals surface area contributed by atoms with Gasteiger partial charge in [0.1, 0.15) is 0 Å². The van der Waals surface area contributed by atoms with E-state index >= 15 is 0 Å². The van der Waals surface area contributed by atoms with E-state index in [0.717, 1.165) is 0 Å². The Bertz CT molecular complexity index is 1470. The molecule has 278 valence electrons. The molecule has 0 aliphatic heterocycles. The zero-order valence-corrected chi connectivity index (χ0v) is 37.5. The Morgan fingerprint density at radius 2 is 0.529 bits per heavy atom. The summed E-state index contributed by atoms with van der Waals surface area (Å²) in [5, 5.41) is 1.95. The summed E-state index contributed by atoms with van der Waals surface area (Å²) in [5.41, 5.74) is 6.27. The molecule has 6 rings (SSSR count).